The first-order valence-electron chi connectivity index (χ1n) is 14.1. The van der Waals surface area contributed by atoms with Crippen LogP contribution in [0.15, 0.2) is 48.5 Å². The van der Waals surface area contributed by atoms with Gasteiger partial charge in [-0.25, -0.2) is 9.59 Å². The van der Waals surface area contributed by atoms with E-state index in [1.54, 1.807) is 24.3 Å². The fourth-order valence-corrected chi connectivity index (χ4v) is 3.79. The van der Waals surface area contributed by atoms with Gasteiger partial charge in [-0.3, -0.25) is 20.2 Å². The summed E-state index contributed by atoms with van der Waals surface area (Å²) in [5, 5.41) is 35.8. The first kappa shape index (κ1) is 38.1. The Labute approximate surface area is 248 Å². The minimum absolute atomic E-state index is 0.171. The minimum atomic E-state index is -1.82. The van der Waals surface area contributed by atoms with Crippen molar-refractivity contribution in [1.82, 2.24) is 9.80 Å². The van der Waals surface area contributed by atoms with E-state index in [4.69, 9.17) is 19.8 Å². The van der Waals surface area contributed by atoms with Crippen LogP contribution in [-0.2, 0) is 22.4 Å². The molecule has 0 aliphatic rings. The second kappa shape index (κ2) is 22.8. The van der Waals surface area contributed by atoms with E-state index in [0.29, 0.717) is 0 Å². The fourth-order valence-electron chi connectivity index (χ4n) is 3.79. The van der Waals surface area contributed by atoms with E-state index < -0.39 is 11.9 Å². The molecule has 42 heavy (non-hydrogen) atoms. The number of nitro groups is 2. The van der Waals surface area contributed by atoms with Gasteiger partial charge in [-0.2, -0.15) is 0 Å². The molecule has 0 bridgehead atoms. The Kier molecular flexibility index (Phi) is 20.6. The average molecular weight is 591 g/mol. The Bertz CT molecular complexity index is 972. The maximum atomic E-state index is 10.5. The van der Waals surface area contributed by atoms with E-state index in [1.807, 2.05) is 24.3 Å². The number of hydrogen-bond donors (Lipinski definition) is 2. The number of benzene rings is 2. The summed E-state index contributed by atoms with van der Waals surface area (Å²) in [4.78, 5) is 42.9. The highest BCUT2D eigenvalue weighted by atomic mass is 16.6. The molecule has 234 valence electrons. The molecule has 2 aromatic rings. The Morgan fingerprint density at radius 1 is 0.571 bits per heavy atom. The third-order valence-corrected chi connectivity index (χ3v) is 6.12. The molecular formula is C30H46N4O8. The van der Waals surface area contributed by atoms with Gasteiger partial charge >= 0.3 is 11.9 Å². The molecular weight excluding hydrogens is 544 g/mol. The molecule has 0 aromatic heterocycles. The molecule has 12 nitrogen and oxygen atoms in total. The van der Waals surface area contributed by atoms with Gasteiger partial charge in [-0.1, -0.05) is 49.9 Å². The number of aryl methyl sites for hydroxylation is 2. The molecule has 0 spiro atoms. The van der Waals surface area contributed by atoms with E-state index in [-0.39, 0.29) is 21.2 Å². The molecule has 12 heteroatoms. The predicted octanol–water partition coefficient (Wildman–Crippen LogP) is 5.67. The van der Waals surface area contributed by atoms with Crippen LogP contribution in [0.5, 0.6) is 0 Å². The predicted molar refractivity (Wildman–Crippen MR) is 163 cm³/mol. The zero-order valence-corrected chi connectivity index (χ0v) is 25.2. The maximum Gasteiger partial charge on any atom is 0.414 e. The zero-order valence-electron chi connectivity index (χ0n) is 25.2. The summed E-state index contributed by atoms with van der Waals surface area (Å²) in [7, 11) is 8.38. The molecule has 2 rings (SSSR count). The summed E-state index contributed by atoms with van der Waals surface area (Å²) in [6, 6.07) is 13.8. The van der Waals surface area contributed by atoms with Crippen LogP contribution < -0.4 is 0 Å². The highest BCUT2D eigenvalue weighted by molar-refractivity contribution is 6.27. The lowest BCUT2D eigenvalue weighted by atomic mass is 10.1. The second-order valence-electron chi connectivity index (χ2n) is 10.4. The summed E-state index contributed by atoms with van der Waals surface area (Å²) in [6.07, 6.45) is 11.8. The molecule has 0 saturated heterocycles. The standard InChI is InChI=1S/2C14H22N2O2.C2H2O4/c2*1-15(2)12-6-4-3-5-7-13-8-10-14(11-9-13)16(17)18;3-1(4)2(5)6/h2*8-11H,3-7,12H2,1-2H3;(H,3,4)(H,5,6). The number of rotatable bonds is 16. The van der Waals surface area contributed by atoms with Gasteiger partial charge in [-0.05, 0) is 90.9 Å². The number of nitrogens with zero attached hydrogens (tertiary/aromatic N) is 4. The summed E-state index contributed by atoms with van der Waals surface area (Å²) in [5.74, 6) is -3.65. The molecule has 0 unspecified atom stereocenters. The van der Waals surface area contributed by atoms with E-state index >= 15 is 0 Å². The Morgan fingerprint density at radius 2 is 0.857 bits per heavy atom. The first-order chi connectivity index (χ1) is 19.8. The molecule has 0 aliphatic heterocycles. The molecule has 0 atom stereocenters. The molecule has 0 amide bonds. The van der Waals surface area contributed by atoms with E-state index in [2.05, 4.69) is 38.0 Å². The van der Waals surface area contributed by atoms with Gasteiger partial charge in [0.1, 0.15) is 0 Å². The molecule has 0 saturated carbocycles. The van der Waals surface area contributed by atoms with E-state index in [0.717, 1.165) is 38.8 Å². The van der Waals surface area contributed by atoms with Crippen LogP contribution in [-0.4, -0.2) is 83.1 Å². The molecule has 0 aliphatic carbocycles. The van der Waals surface area contributed by atoms with E-state index in [1.165, 1.54) is 49.7 Å². The lowest BCUT2D eigenvalue weighted by Gasteiger charge is -2.08. The normalized spacial score (nSPS) is 10.3. The van der Waals surface area contributed by atoms with Gasteiger partial charge in [0.25, 0.3) is 11.4 Å². The van der Waals surface area contributed by atoms with Crippen LogP contribution in [0.3, 0.4) is 0 Å². The summed E-state index contributed by atoms with van der Waals surface area (Å²) < 4.78 is 0. The summed E-state index contributed by atoms with van der Waals surface area (Å²) in [6.45, 7) is 2.30. The average Bonchev–Trinajstić information content (AvgIpc) is 2.93. The van der Waals surface area contributed by atoms with Crippen LogP contribution in [0.25, 0.3) is 0 Å². The maximum absolute atomic E-state index is 10.5. The number of non-ortho nitro benzene ring substituents is 2. The first-order valence-corrected chi connectivity index (χ1v) is 14.1. The number of hydrogen-bond acceptors (Lipinski definition) is 8. The number of carboxylic acids is 2. The molecule has 0 radical (unpaired) electrons. The molecule has 0 fully saturated rings. The third kappa shape index (κ3) is 20.9. The lowest BCUT2D eigenvalue weighted by Crippen LogP contribution is -2.12. The fraction of sp³-hybridized carbons (Fsp3) is 0.533. The van der Waals surface area contributed by atoms with Crippen LogP contribution in [0.4, 0.5) is 11.4 Å². The van der Waals surface area contributed by atoms with E-state index in [9.17, 15) is 20.2 Å². The largest absolute Gasteiger partial charge is 0.473 e. The SMILES string of the molecule is CN(C)CCCCCCc1ccc([N+](=O)[O-])cc1.CN(C)CCCCCCc1ccc([N+](=O)[O-])cc1.O=C(O)C(=O)O. The number of nitro benzene ring substituents is 2. The van der Waals surface area contributed by atoms with Crippen molar-refractivity contribution in [3.05, 3.63) is 79.9 Å². The van der Waals surface area contributed by atoms with Crippen molar-refractivity contribution in [2.75, 3.05) is 41.3 Å². The summed E-state index contributed by atoms with van der Waals surface area (Å²) in [5.41, 5.74) is 2.72. The number of aliphatic carboxylic acids is 2. The van der Waals surface area contributed by atoms with Crippen LogP contribution in [0.1, 0.15) is 62.5 Å². The topological polar surface area (TPSA) is 167 Å². The molecule has 0 heterocycles. The summed E-state index contributed by atoms with van der Waals surface area (Å²) >= 11 is 0. The van der Waals surface area contributed by atoms with Gasteiger partial charge < -0.3 is 20.0 Å². The zero-order chi connectivity index (χ0) is 31.9. The monoisotopic (exact) mass is 590 g/mol. The molecule has 2 aromatic carbocycles. The highest BCUT2D eigenvalue weighted by Crippen LogP contribution is 2.15. The van der Waals surface area contributed by atoms with Gasteiger partial charge in [-0.15, -0.1) is 0 Å². The quantitative estimate of drug-likeness (QED) is 0.107. The van der Waals surface area contributed by atoms with Gasteiger partial charge in [0.2, 0.25) is 0 Å². The van der Waals surface area contributed by atoms with Crippen molar-refractivity contribution < 1.29 is 29.6 Å². The number of unbranched alkanes of at least 4 members (excludes halogenated alkanes) is 6. The Hall–Kier alpha value is -3.90. The van der Waals surface area contributed by atoms with Crippen molar-refractivity contribution in [3.63, 3.8) is 0 Å². The number of carboxylic acid groups (broad SMARTS) is 2. The molecule has 2 N–H and O–H groups in total. The smallest absolute Gasteiger partial charge is 0.414 e. The highest BCUT2D eigenvalue weighted by Gasteiger charge is 2.05. The Morgan fingerprint density at radius 3 is 1.10 bits per heavy atom. The second-order valence-corrected chi connectivity index (χ2v) is 10.4. The third-order valence-electron chi connectivity index (χ3n) is 6.12. The van der Waals surface area contributed by atoms with Crippen LogP contribution in [0, 0.1) is 20.2 Å². The Balaban J connectivity index is 0.000000672. The van der Waals surface area contributed by atoms with Gasteiger partial charge in [0.15, 0.2) is 0 Å². The van der Waals surface area contributed by atoms with Gasteiger partial charge in [0.05, 0.1) is 9.85 Å². The lowest BCUT2D eigenvalue weighted by molar-refractivity contribution is -0.385. The minimum Gasteiger partial charge on any atom is -0.473 e. The van der Waals surface area contributed by atoms with Crippen molar-refractivity contribution >= 4 is 23.3 Å². The van der Waals surface area contributed by atoms with Gasteiger partial charge in [0, 0.05) is 24.3 Å². The van der Waals surface area contributed by atoms with Crippen molar-refractivity contribution in [2.45, 2.75) is 64.2 Å². The van der Waals surface area contributed by atoms with Crippen molar-refractivity contribution in [1.29, 1.82) is 0 Å². The number of carbonyl (C=O) groups is 2. The van der Waals surface area contributed by atoms with Crippen LogP contribution >= 0.6 is 0 Å². The van der Waals surface area contributed by atoms with Crippen molar-refractivity contribution in [3.8, 4) is 0 Å². The van der Waals surface area contributed by atoms with Crippen molar-refractivity contribution in [2.24, 2.45) is 0 Å². The van der Waals surface area contributed by atoms with Crippen LogP contribution in [0.2, 0.25) is 0 Å².